The van der Waals surface area contributed by atoms with E-state index in [1.165, 1.54) is 39.1 Å². The standard InChI is InChI=1S/C15H20O10S2.C5H12N2/c1-8-3-10(12(16)6-14(8,18)26(20,21)22)5-11-4-9(2)15(19,7-13(11)17)27(23,24)25;1-7-4-2-6-3-5-7/h3-4,6-9,16-19H,5H2,1-2H3,(H,20,21,22)(H,23,24,25);6H,2-5H2,1H3. The van der Waals surface area contributed by atoms with Gasteiger partial charge in [0.1, 0.15) is 11.5 Å². The number of aliphatic hydroxyl groups is 4. The molecule has 1 aliphatic heterocycles. The molecule has 12 nitrogen and oxygen atoms in total. The third-order valence-corrected chi connectivity index (χ3v) is 8.73. The molecular formula is C20H32N2O10S2. The molecular weight excluding hydrogens is 492 g/mol. The maximum atomic E-state index is 11.4. The Kier molecular flexibility index (Phi) is 8.43. The second-order valence-electron chi connectivity index (χ2n) is 8.70. The molecule has 7 N–H and O–H groups in total. The summed E-state index contributed by atoms with van der Waals surface area (Å²) in [4.78, 5) is -3.12. The summed E-state index contributed by atoms with van der Waals surface area (Å²) in [5.74, 6) is -3.63. The van der Waals surface area contributed by atoms with Crippen LogP contribution in [0, 0.1) is 11.8 Å². The molecule has 14 heteroatoms. The number of aliphatic hydroxyl groups excluding tert-OH is 2. The van der Waals surface area contributed by atoms with Gasteiger partial charge in [-0.3, -0.25) is 9.11 Å². The van der Waals surface area contributed by atoms with Gasteiger partial charge in [0.2, 0.25) is 9.87 Å². The van der Waals surface area contributed by atoms with Crippen LogP contribution in [0.1, 0.15) is 20.3 Å². The highest BCUT2D eigenvalue weighted by atomic mass is 32.2. The van der Waals surface area contributed by atoms with Crippen LogP contribution in [-0.4, -0.2) is 94.4 Å². The van der Waals surface area contributed by atoms with E-state index < -0.39 is 53.5 Å². The Morgan fingerprint density at radius 1 is 0.882 bits per heavy atom. The molecule has 4 unspecified atom stereocenters. The molecule has 194 valence electrons. The van der Waals surface area contributed by atoms with E-state index in [1.54, 1.807) is 0 Å². The van der Waals surface area contributed by atoms with E-state index in [4.69, 9.17) is 0 Å². The summed E-state index contributed by atoms with van der Waals surface area (Å²) in [5, 5.41) is 43.6. The molecule has 0 aromatic rings. The van der Waals surface area contributed by atoms with Crippen molar-refractivity contribution in [2.75, 3.05) is 33.2 Å². The fourth-order valence-corrected chi connectivity index (χ4v) is 5.35. The maximum absolute atomic E-state index is 11.4. The van der Waals surface area contributed by atoms with Gasteiger partial charge in [-0.15, -0.1) is 0 Å². The van der Waals surface area contributed by atoms with E-state index in [-0.39, 0.29) is 17.6 Å². The van der Waals surface area contributed by atoms with Crippen molar-refractivity contribution in [3.63, 3.8) is 0 Å². The van der Waals surface area contributed by atoms with Crippen molar-refractivity contribution in [1.82, 2.24) is 10.2 Å². The number of hydrogen-bond acceptors (Lipinski definition) is 10. The lowest BCUT2D eigenvalue weighted by Gasteiger charge is -2.32. The van der Waals surface area contributed by atoms with Crippen molar-refractivity contribution in [3.05, 3.63) is 47.0 Å². The SMILES string of the molecule is CC1C=C(CC2=CC(C)C(O)(S(=O)(=O)O)C=C2O)C(O)=CC1(O)S(=O)(=O)O.CN1CCNCC1. The number of allylic oxidation sites excluding steroid dienone is 2. The van der Waals surface area contributed by atoms with Gasteiger partial charge in [0.05, 0.1) is 0 Å². The number of nitrogens with one attached hydrogen (secondary N) is 1. The summed E-state index contributed by atoms with van der Waals surface area (Å²) in [6, 6.07) is 0. The first-order chi connectivity index (χ1) is 15.4. The van der Waals surface area contributed by atoms with Crippen molar-refractivity contribution in [3.8, 4) is 0 Å². The van der Waals surface area contributed by atoms with Crippen LogP contribution in [0.25, 0.3) is 0 Å². The van der Waals surface area contributed by atoms with Gasteiger partial charge in [-0.2, -0.15) is 16.8 Å². The average molecular weight is 525 g/mol. The molecule has 2 aliphatic carbocycles. The first-order valence-corrected chi connectivity index (χ1v) is 13.3. The largest absolute Gasteiger partial charge is 0.508 e. The normalized spacial score (nSPS) is 33.0. The summed E-state index contributed by atoms with van der Waals surface area (Å²) < 4.78 is 63.8. The lowest BCUT2D eigenvalue weighted by atomic mass is 9.86. The van der Waals surface area contributed by atoms with Crippen LogP contribution in [0.3, 0.4) is 0 Å². The van der Waals surface area contributed by atoms with Gasteiger partial charge < -0.3 is 30.6 Å². The fraction of sp³-hybridized carbons (Fsp3) is 0.600. The highest BCUT2D eigenvalue weighted by Crippen LogP contribution is 2.40. The zero-order chi connectivity index (χ0) is 26.1. The van der Waals surface area contributed by atoms with E-state index in [9.17, 15) is 46.4 Å². The molecule has 3 aliphatic rings. The second kappa shape index (κ2) is 10.1. The smallest absolute Gasteiger partial charge is 0.299 e. The van der Waals surface area contributed by atoms with Crippen LogP contribution in [0.5, 0.6) is 0 Å². The predicted octanol–water partition coefficient (Wildman–Crippen LogP) is 0.0867. The molecule has 1 saturated heterocycles. The van der Waals surface area contributed by atoms with E-state index in [0.717, 1.165) is 13.1 Å². The minimum Gasteiger partial charge on any atom is -0.508 e. The summed E-state index contributed by atoms with van der Waals surface area (Å²) in [5.41, 5.74) is 0.179. The van der Waals surface area contributed by atoms with Crippen LogP contribution in [0.4, 0.5) is 0 Å². The number of rotatable bonds is 4. The quantitative estimate of drug-likeness (QED) is 0.244. The monoisotopic (exact) mass is 524 g/mol. The van der Waals surface area contributed by atoms with Crippen LogP contribution in [-0.2, 0) is 20.2 Å². The Hall–Kier alpha value is -1.78. The van der Waals surface area contributed by atoms with E-state index in [1.807, 2.05) is 0 Å². The molecule has 0 amide bonds. The molecule has 1 fully saturated rings. The molecule has 0 bridgehead atoms. The number of likely N-dealkylation sites (N-methyl/N-ethyl adjacent to an activating group) is 1. The Bertz CT molecular complexity index is 1040. The van der Waals surface area contributed by atoms with Crippen molar-refractivity contribution in [2.24, 2.45) is 11.8 Å². The Balaban J connectivity index is 0.000000497. The Labute approximate surface area is 199 Å². The molecule has 4 atom stereocenters. The molecule has 3 rings (SSSR count). The molecule has 1 heterocycles. The van der Waals surface area contributed by atoms with Gasteiger partial charge in [0.15, 0.2) is 0 Å². The second-order valence-corrected chi connectivity index (χ2v) is 11.9. The van der Waals surface area contributed by atoms with Crippen molar-refractivity contribution in [2.45, 2.75) is 30.1 Å². The first-order valence-electron chi connectivity index (χ1n) is 10.5. The third-order valence-electron chi connectivity index (χ3n) is 6.10. The van der Waals surface area contributed by atoms with Crippen LogP contribution in [0.2, 0.25) is 0 Å². The molecule has 0 aromatic heterocycles. The first kappa shape index (κ1) is 28.5. The number of hydrogen-bond donors (Lipinski definition) is 7. The highest BCUT2D eigenvalue weighted by Gasteiger charge is 2.48. The average Bonchev–Trinajstić information content (AvgIpc) is 2.69. The summed E-state index contributed by atoms with van der Waals surface area (Å²) in [6.07, 6.45) is 3.26. The Morgan fingerprint density at radius 3 is 1.50 bits per heavy atom. The van der Waals surface area contributed by atoms with Gasteiger partial charge in [-0.25, -0.2) is 0 Å². The predicted molar refractivity (Wildman–Crippen MR) is 124 cm³/mol. The lowest BCUT2D eigenvalue weighted by Crippen LogP contribution is -2.44. The summed E-state index contributed by atoms with van der Waals surface area (Å²) in [6.45, 7) is 7.30. The van der Waals surface area contributed by atoms with Crippen LogP contribution >= 0.6 is 0 Å². The highest BCUT2D eigenvalue weighted by molar-refractivity contribution is 7.87. The van der Waals surface area contributed by atoms with Gasteiger partial charge >= 0.3 is 0 Å². The minimum atomic E-state index is -4.94. The van der Waals surface area contributed by atoms with Gasteiger partial charge in [-0.1, -0.05) is 26.0 Å². The third kappa shape index (κ3) is 5.88. The molecule has 0 radical (unpaired) electrons. The minimum absolute atomic E-state index is 0.0894. The Morgan fingerprint density at radius 2 is 1.24 bits per heavy atom. The topological polar surface area (TPSA) is 205 Å². The summed E-state index contributed by atoms with van der Waals surface area (Å²) in [7, 11) is -7.73. The maximum Gasteiger partial charge on any atom is 0.299 e. The van der Waals surface area contributed by atoms with Gasteiger partial charge in [0.25, 0.3) is 20.2 Å². The zero-order valence-electron chi connectivity index (χ0n) is 19.1. The van der Waals surface area contributed by atoms with Crippen molar-refractivity contribution >= 4 is 20.2 Å². The molecule has 0 spiro atoms. The van der Waals surface area contributed by atoms with Crippen molar-refractivity contribution in [1.29, 1.82) is 0 Å². The number of nitrogens with zero attached hydrogens (tertiary/aromatic N) is 1. The molecule has 0 aromatic carbocycles. The van der Waals surface area contributed by atoms with E-state index in [2.05, 4.69) is 17.3 Å². The van der Waals surface area contributed by atoms with E-state index in [0.29, 0.717) is 12.2 Å². The fourth-order valence-electron chi connectivity index (χ4n) is 3.75. The van der Waals surface area contributed by atoms with Gasteiger partial charge in [0, 0.05) is 56.6 Å². The van der Waals surface area contributed by atoms with Crippen LogP contribution in [0.15, 0.2) is 47.0 Å². The number of piperazine rings is 1. The molecule has 34 heavy (non-hydrogen) atoms. The van der Waals surface area contributed by atoms with Crippen LogP contribution < -0.4 is 5.32 Å². The summed E-state index contributed by atoms with van der Waals surface area (Å²) >= 11 is 0. The lowest BCUT2D eigenvalue weighted by molar-refractivity contribution is 0.116. The van der Waals surface area contributed by atoms with Crippen molar-refractivity contribution < 1.29 is 46.4 Å². The van der Waals surface area contributed by atoms with Gasteiger partial charge in [-0.05, 0) is 18.2 Å². The van der Waals surface area contributed by atoms with E-state index >= 15 is 0 Å². The molecule has 0 saturated carbocycles. The zero-order valence-corrected chi connectivity index (χ0v) is 20.7.